The van der Waals surface area contributed by atoms with Gasteiger partial charge in [-0.15, -0.1) is 0 Å². The van der Waals surface area contributed by atoms with Gasteiger partial charge in [0.2, 0.25) is 0 Å². The highest BCUT2D eigenvalue weighted by Crippen LogP contribution is 2.30. The molecule has 0 heterocycles. The van der Waals surface area contributed by atoms with Crippen molar-refractivity contribution in [1.29, 1.82) is 0 Å². The van der Waals surface area contributed by atoms with Gasteiger partial charge < -0.3 is 15.4 Å². The summed E-state index contributed by atoms with van der Waals surface area (Å²) in [5, 5.41) is 0. The molecule has 0 aliphatic rings. The summed E-state index contributed by atoms with van der Waals surface area (Å²) in [7, 11) is 4.18. The average Bonchev–Trinajstić information content (AvgIpc) is 2.33. The van der Waals surface area contributed by atoms with E-state index < -0.39 is 0 Å². The van der Waals surface area contributed by atoms with Gasteiger partial charge in [-0.2, -0.15) is 0 Å². The molecule has 2 unspecified atom stereocenters. The highest BCUT2D eigenvalue weighted by atomic mass is 16.5. The van der Waals surface area contributed by atoms with E-state index >= 15 is 0 Å². The second-order valence-corrected chi connectivity index (χ2v) is 5.46. The number of nitrogens with two attached hydrogens (primary N) is 1. The number of hydrogen-bond acceptors (Lipinski definition) is 3. The first-order valence-electron chi connectivity index (χ1n) is 7.02. The molecule has 1 rings (SSSR count). The minimum Gasteiger partial charge on any atom is -0.494 e. The first kappa shape index (κ1) is 16.0. The van der Waals surface area contributed by atoms with Crippen LogP contribution in [-0.4, -0.2) is 38.2 Å². The molecule has 0 saturated heterocycles. The van der Waals surface area contributed by atoms with Crippen LogP contribution in [0.25, 0.3) is 0 Å². The van der Waals surface area contributed by atoms with Gasteiger partial charge in [0.05, 0.1) is 6.61 Å². The van der Waals surface area contributed by atoms with Gasteiger partial charge in [-0.25, -0.2) is 0 Å². The molecule has 19 heavy (non-hydrogen) atoms. The van der Waals surface area contributed by atoms with Crippen LogP contribution in [0.4, 0.5) is 0 Å². The second-order valence-electron chi connectivity index (χ2n) is 5.46. The van der Waals surface area contributed by atoms with E-state index in [4.69, 9.17) is 10.5 Å². The van der Waals surface area contributed by atoms with E-state index in [0.717, 1.165) is 5.75 Å². The van der Waals surface area contributed by atoms with Crippen molar-refractivity contribution in [2.24, 2.45) is 5.73 Å². The van der Waals surface area contributed by atoms with Gasteiger partial charge in [0.25, 0.3) is 0 Å². The minimum atomic E-state index is 0.357. The molecule has 3 nitrogen and oxygen atoms in total. The maximum Gasteiger partial charge on any atom is 0.122 e. The van der Waals surface area contributed by atoms with Crippen LogP contribution in [0.3, 0.4) is 0 Å². The molecule has 0 amide bonds. The summed E-state index contributed by atoms with van der Waals surface area (Å²) in [6, 6.07) is 4.75. The molecule has 0 fully saturated rings. The zero-order valence-electron chi connectivity index (χ0n) is 13.2. The Morgan fingerprint density at radius 1 is 1.21 bits per heavy atom. The molecular weight excluding hydrogens is 236 g/mol. The second kappa shape index (κ2) is 6.92. The smallest absolute Gasteiger partial charge is 0.122 e. The van der Waals surface area contributed by atoms with E-state index in [2.05, 4.69) is 51.9 Å². The Labute approximate surface area is 117 Å². The van der Waals surface area contributed by atoms with Crippen molar-refractivity contribution in [1.82, 2.24) is 4.90 Å². The van der Waals surface area contributed by atoms with Gasteiger partial charge in [0, 0.05) is 12.6 Å². The molecular formula is C16H28N2O. The summed E-state index contributed by atoms with van der Waals surface area (Å²) in [6.07, 6.45) is 0. The van der Waals surface area contributed by atoms with Crippen molar-refractivity contribution < 1.29 is 4.74 Å². The van der Waals surface area contributed by atoms with E-state index in [1.54, 1.807) is 0 Å². The van der Waals surface area contributed by atoms with Crippen molar-refractivity contribution in [2.75, 3.05) is 27.2 Å². The number of likely N-dealkylation sites (N-methyl/N-ethyl adjacent to an activating group) is 1. The third-order valence-corrected chi connectivity index (χ3v) is 3.84. The minimum absolute atomic E-state index is 0.357. The summed E-state index contributed by atoms with van der Waals surface area (Å²) in [4.78, 5) is 2.20. The van der Waals surface area contributed by atoms with E-state index in [-0.39, 0.29) is 0 Å². The summed E-state index contributed by atoms with van der Waals surface area (Å²) in [6.45, 7) is 9.89. The van der Waals surface area contributed by atoms with Crippen LogP contribution in [0.15, 0.2) is 12.1 Å². The fourth-order valence-electron chi connectivity index (χ4n) is 2.68. The standard InChI is InChI=1S/C16H28N2O/c1-7-19-16-9-11(2)14(8-12(16)3)13(4)15(10-17)18(5)6/h8-9,13,15H,7,10,17H2,1-6H3. The van der Waals surface area contributed by atoms with Crippen LogP contribution in [0.5, 0.6) is 5.75 Å². The molecule has 1 aromatic carbocycles. The van der Waals surface area contributed by atoms with Gasteiger partial charge in [0.1, 0.15) is 5.75 Å². The Hall–Kier alpha value is -1.06. The van der Waals surface area contributed by atoms with Crippen molar-refractivity contribution in [3.63, 3.8) is 0 Å². The van der Waals surface area contributed by atoms with Gasteiger partial charge in [-0.1, -0.05) is 13.0 Å². The Kier molecular flexibility index (Phi) is 5.83. The molecule has 0 bridgehead atoms. The van der Waals surface area contributed by atoms with E-state index in [9.17, 15) is 0 Å². The highest BCUT2D eigenvalue weighted by Gasteiger charge is 2.21. The first-order chi connectivity index (χ1) is 8.92. The lowest BCUT2D eigenvalue weighted by molar-refractivity contribution is 0.266. The summed E-state index contributed by atoms with van der Waals surface area (Å²) in [5.41, 5.74) is 9.75. The zero-order valence-corrected chi connectivity index (χ0v) is 13.2. The lowest BCUT2D eigenvalue weighted by Gasteiger charge is -2.30. The molecule has 0 spiro atoms. The van der Waals surface area contributed by atoms with Crippen molar-refractivity contribution in [3.8, 4) is 5.75 Å². The molecule has 0 aromatic heterocycles. The van der Waals surface area contributed by atoms with Crippen LogP contribution in [-0.2, 0) is 0 Å². The van der Waals surface area contributed by atoms with Crippen molar-refractivity contribution >= 4 is 0 Å². The lowest BCUT2D eigenvalue weighted by Crippen LogP contribution is -2.39. The van der Waals surface area contributed by atoms with Crippen LogP contribution < -0.4 is 10.5 Å². The number of aryl methyl sites for hydroxylation is 2. The van der Waals surface area contributed by atoms with E-state index in [1.165, 1.54) is 16.7 Å². The van der Waals surface area contributed by atoms with E-state index in [0.29, 0.717) is 25.1 Å². The molecule has 1 aromatic rings. The predicted molar refractivity (Wildman–Crippen MR) is 82.0 cm³/mol. The van der Waals surface area contributed by atoms with E-state index in [1.807, 2.05) is 6.92 Å². The number of hydrogen-bond donors (Lipinski definition) is 1. The third-order valence-electron chi connectivity index (χ3n) is 3.84. The lowest BCUT2D eigenvalue weighted by atomic mass is 9.88. The Balaban J connectivity index is 3.10. The maximum atomic E-state index is 5.91. The Morgan fingerprint density at radius 2 is 1.84 bits per heavy atom. The summed E-state index contributed by atoms with van der Waals surface area (Å²) >= 11 is 0. The largest absolute Gasteiger partial charge is 0.494 e. The SMILES string of the molecule is CCOc1cc(C)c(C(C)C(CN)N(C)C)cc1C. The highest BCUT2D eigenvalue weighted by molar-refractivity contribution is 5.43. The molecule has 0 aliphatic carbocycles. The average molecular weight is 264 g/mol. The van der Waals surface area contributed by atoms with Crippen molar-refractivity contribution in [2.45, 2.75) is 39.7 Å². The maximum absolute atomic E-state index is 5.91. The van der Waals surface area contributed by atoms with Gasteiger partial charge in [-0.3, -0.25) is 0 Å². The molecule has 3 heteroatoms. The molecule has 0 aliphatic heterocycles. The monoisotopic (exact) mass is 264 g/mol. The fourth-order valence-corrected chi connectivity index (χ4v) is 2.68. The van der Waals surface area contributed by atoms with Crippen LogP contribution in [0, 0.1) is 13.8 Å². The topological polar surface area (TPSA) is 38.5 Å². The van der Waals surface area contributed by atoms with Gasteiger partial charge >= 0.3 is 0 Å². The number of benzene rings is 1. The Morgan fingerprint density at radius 3 is 2.32 bits per heavy atom. The van der Waals surface area contributed by atoms with Crippen LogP contribution in [0.1, 0.15) is 36.5 Å². The van der Waals surface area contributed by atoms with Gasteiger partial charge in [-0.05, 0) is 63.5 Å². The van der Waals surface area contributed by atoms with Gasteiger partial charge in [0.15, 0.2) is 0 Å². The molecule has 108 valence electrons. The fraction of sp³-hybridized carbons (Fsp3) is 0.625. The number of ether oxygens (including phenoxy) is 1. The predicted octanol–water partition coefficient (Wildman–Crippen LogP) is 2.69. The van der Waals surface area contributed by atoms with Crippen LogP contribution >= 0.6 is 0 Å². The van der Waals surface area contributed by atoms with Crippen molar-refractivity contribution in [3.05, 3.63) is 28.8 Å². The number of nitrogens with zero attached hydrogens (tertiary/aromatic N) is 1. The first-order valence-corrected chi connectivity index (χ1v) is 7.02. The summed E-state index contributed by atoms with van der Waals surface area (Å²) in [5.74, 6) is 1.40. The Bertz CT molecular complexity index is 415. The summed E-state index contributed by atoms with van der Waals surface area (Å²) < 4.78 is 5.65. The molecule has 2 N–H and O–H groups in total. The quantitative estimate of drug-likeness (QED) is 0.858. The van der Waals surface area contributed by atoms with Crippen LogP contribution in [0.2, 0.25) is 0 Å². The number of rotatable bonds is 6. The normalized spacial score (nSPS) is 14.5. The zero-order chi connectivity index (χ0) is 14.6. The molecule has 0 saturated carbocycles. The molecule has 2 atom stereocenters. The third kappa shape index (κ3) is 3.71. The molecule has 0 radical (unpaired) electrons.